The maximum absolute atomic E-state index is 13.0. The van der Waals surface area contributed by atoms with E-state index in [-0.39, 0.29) is 37.4 Å². The van der Waals surface area contributed by atoms with E-state index in [0.29, 0.717) is 37.1 Å². The van der Waals surface area contributed by atoms with E-state index in [9.17, 15) is 32.3 Å². The number of hydrogen-bond acceptors (Lipinski definition) is 5. The standard InChI is InChI=1S/C23H29F3N4O5/c1-28(8-5-14-6-9-30(10-7-14)22(35)23(24,25)26)20(33)15-3-4-16-13-29(2)21(34)18(12-19(31)32)27-17(16)11-15/h3-4,11,14,18,27H,5-10,12-13H2,1-2H3,(H,31,32)/t18-/m0/s1. The predicted molar refractivity (Wildman–Crippen MR) is 120 cm³/mol. The van der Waals surface area contributed by atoms with Gasteiger partial charge in [0.1, 0.15) is 6.04 Å². The Kier molecular flexibility index (Phi) is 7.91. The number of alkyl halides is 3. The fourth-order valence-corrected chi connectivity index (χ4v) is 4.45. The zero-order chi connectivity index (χ0) is 25.9. The van der Waals surface area contributed by atoms with Crippen LogP contribution >= 0.6 is 0 Å². The van der Waals surface area contributed by atoms with Crippen LogP contribution in [0.5, 0.6) is 0 Å². The number of amides is 3. The molecular formula is C23H29F3N4O5. The number of nitrogens with zero attached hydrogens (tertiary/aromatic N) is 3. The molecule has 2 aliphatic heterocycles. The van der Waals surface area contributed by atoms with Crippen molar-refractivity contribution in [2.24, 2.45) is 5.92 Å². The second kappa shape index (κ2) is 10.5. The van der Waals surface area contributed by atoms with Crippen molar-refractivity contribution in [3.63, 3.8) is 0 Å². The molecule has 1 fully saturated rings. The van der Waals surface area contributed by atoms with Gasteiger partial charge in [-0.1, -0.05) is 6.07 Å². The summed E-state index contributed by atoms with van der Waals surface area (Å²) in [6.45, 7) is 0.755. The minimum atomic E-state index is -4.86. The highest BCUT2D eigenvalue weighted by Gasteiger charge is 2.43. The highest BCUT2D eigenvalue weighted by molar-refractivity contribution is 5.96. The molecule has 0 aliphatic carbocycles. The van der Waals surface area contributed by atoms with Gasteiger partial charge in [0, 0.05) is 51.5 Å². The summed E-state index contributed by atoms with van der Waals surface area (Å²) in [5.74, 6) is -3.43. The van der Waals surface area contributed by atoms with Crippen molar-refractivity contribution >= 4 is 29.4 Å². The lowest BCUT2D eigenvalue weighted by Gasteiger charge is -2.33. The third-order valence-electron chi connectivity index (χ3n) is 6.51. The van der Waals surface area contributed by atoms with Gasteiger partial charge in [-0.25, -0.2) is 0 Å². The van der Waals surface area contributed by atoms with E-state index >= 15 is 0 Å². The lowest BCUT2D eigenvalue weighted by molar-refractivity contribution is -0.186. The largest absolute Gasteiger partial charge is 0.481 e. The SMILES string of the molecule is CN(CCC1CCN(C(=O)C(F)(F)F)CC1)C(=O)c1ccc2c(c1)N[C@@H](CC(=O)O)C(=O)N(C)C2. The number of carbonyl (C=O) groups is 4. The van der Waals surface area contributed by atoms with Crippen LogP contribution in [0.2, 0.25) is 0 Å². The van der Waals surface area contributed by atoms with Gasteiger partial charge in [0.15, 0.2) is 0 Å². The van der Waals surface area contributed by atoms with Gasteiger partial charge in [-0.2, -0.15) is 13.2 Å². The maximum atomic E-state index is 13.0. The number of hydrogen-bond donors (Lipinski definition) is 2. The molecule has 9 nitrogen and oxygen atoms in total. The number of rotatable bonds is 6. The number of halogens is 3. The molecular weight excluding hydrogens is 469 g/mol. The highest BCUT2D eigenvalue weighted by Crippen LogP contribution is 2.27. The van der Waals surface area contributed by atoms with Gasteiger partial charge < -0.3 is 25.1 Å². The van der Waals surface area contributed by atoms with Crippen molar-refractivity contribution in [1.29, 1.82) is 0 Å². The van der Waals surface area contributed by atoms with Crippen LogP contribution in [0.1, 0.15) is 41.6 Å². The molecule has 0 unspecified atom stereocenters. The van der Waals surface area contributed by atoms with E-state index in [1.54, 1.807) is 32.3 Å². The van der Waals surface area contributed by atoms with Crippen LogP contribution in [0.3, 0.4) is 0 Å². The van der Waals surface area contributed by atoms with Crippen molar-refractivity contribution < 1.29 is 37.5 Å². The molecule has 0 saturated carbocycles. The number of carbonyl (C=O) groups excluding carboxylic acids is 3. The number of aliphatic carboxylic acids is 1. The van der Waals surface area contributed by atoms with Crippen LogP contribution < -0.4 is 5.32 Å². The van der Waals surface area contributed by atoms with Gasteiger partial charge in [-0.3, -0.25) is 19.2 Å². The van der Waals surface area contributed by atoms with Crippen LogP contribution in [-0.4, -0.2) is 89.4 Å². The topological polar surface area (TPSA) is 110 Å². The molecule has 2 heterocycles. The number of fused-ring (bicyclic) bond motifs is 1. The second-order valence-electron chi connectivity index (χ2n) is 9.11. The van der Waals surface area contributed by atoms with Gasteiger partial charge in [-0.15, -0.1) is 0 Å². The lowest BCUT2D eigenvalue weighted by atomic mass is 9.93. The smallest absolute Gasteiger partial charge is 0.471 e. The van der Waals surface area contributed by atoms with Crippen molar-refractivity contribution in [1.82, 2.24) is 14.7 Å². The Labute approximate surface area is 200 Å². The number of anilines is 1. The molecule has 0 bridgehead atoms. The maximum Gasteiger partial charge on any atom is 0.471 e. The Hall–Kier alpha value is -3.31. The van der Waals surface area contributed by atoms with Gasteiger partial charge in [0.2, 0.25) is 5.91 Å². The van der Waals surface area contributed by atoms with Crippen LogP contribution in [0.15, 0.2) is 18.2 Å². The molecule has 35 heavy (non-hydrogen) atoms. The Morgan fingerprint density at radius 2 is 1.86 bits per heavy atom. The minimum Gasteiger partial charge on any atom is -0.481 e. The van der Waals surface area contributed by atoms with Gasteiger partial charge in [0.25, 0.3) is 5.91 Å². The molecule has 3 rings (SSSR count). The normalized spacial score (nSPS) is 19.0. The van der Waals surface area contributed by atoms with E-state index < -0.39 is 30.5 Å². The number of likely N-dealkylation sites (N-methyl/N-ethyl adjacent to an activating group) is 1. The third-order valence-corrected chi connectivity index (χ3v) is 6.51. The van der Waals surface area contributed by atoms with E-state index in [1.807, 2.05) is 0 Å². The Morgan fingerprint density at radius 1 is 1.20 bits per heavy atom. The first-order chi connectivity index (χ1) is 16.4. The van der Waals surface area contributed by atoms with Crippen LogP contribution in [0.4, 0.5) is 18.9 Å². The van der Waals surface area contributed by atoms with Crippen molar-refractivity contribution in [3.05, 3.63) is 29.3 Å². The van der Waals surface area contributed by atoms with Gasteiger partial charge >= 0.3 is 18.1 Å². The van der Waals surface area contributed by atoms with Gasteiger partial charge in [0.05, 0.1) is 6.42 Å². The first-order valence-electron chi connectivity index (χ1n) is 11.3. The predicted octanol–water partition coefficient (Wildman–Crippen LogP) is 2.18. The molecule has 192 valence electrons. The Bertz CT molecular complexity index is 992. The molecule has 12 heteroatoms. The molecule has 1 aromatic rings. The fourth-order valence-electron chi connectivity index (χ4n) is 4.45. The van der Waals surface area contributed by atoms with Crippen molar-refractivity contribution in [2.45, 2.75) is 44.4 Å². The first-order valence-corrected chi connectivity index (χ1v) is 11.3. The molecule has 2 aliphatic rings. The van der Waals surface area contributed by atoms with E-state index in [2.05, 4.69) is 5.32 Å². The third kappa shape index (κ3) is 6.43. The quantitative estimate of drug-likeness (QED) is 0.622. The van der Waals surface area contributed by atoms with Crippen molar-refractivity contribution in [3.8, 4) is 0 Å². The zero-order valence-electron chi connectivity index (χ0n) is 19.6. The number of carboxylic acids is 1. The van der Waals surface area contributed by atoms with E-state index in [1.165, 1.54) is 9.80 Å². The van der Waals surface area contributed by atoms with Gasteiger partial charge in [-0.05, 0) is 42.9 Å². The molecule has 1 aromatic carbocycles. The summed E-state index contributed by atoms with van der Waals surface area (Å²) in [6.07, 6.45) is -3.77. The fraction of sp³-hybridized carbons (Fsp3) is 0.565. The molecule has 1 saturated heterocycles. The average Bonchev–Trinajstić information content (AvgIpc) is 2.91. The second-order valence-corrected chi connectivity index (χ2v) is 9.11. The number of likely N-dealkylation sites (tertiary alicyclic amines) is 1. The summed E-state index contributed by atoms with van der Waals surface area (Å²) in [5, 5.41) is 12.1. The molecule has 0 spiro atoms. The summed E-state index contributed by atoms with van der Waals surface area (Å²) in [4.78, 5) is 51.8. The molecule has 0 aromatic heterocycles. The van der Waals surface area contributed by atoms with Crippen molar-refractivity contribution in [2.75, 3.05) is 39.0 Å². The Morgan fingerprint density at radius 3 is 2.46 bits per heavy atom. The van der Waals surface area contributed by atoms with Crippen LogP contribution in [-0.2, 0) is 20.9 Å². The number of nitrogens with one attached hydrogen (secondary N) is 1. The van der Waals surface area contributed by atoms with Crippen LogP contribution in [0.25, 0.3) is 0 Å². The first kappa shape index (κ1) is 26.3. The summed E-state index contributed by atoms with van der Waals surface area (Å²) in [7, 11) is 3.22. The number of piperidine rings is 1. The highest BCUT2D eigenvalue weighted by atomic mass is 19.4. The van der Waals surface area contributed by atoms with E-state index in [4.69, 9.17) is 5.11 Å². The average molecular weight is 499 g/mol. The van der Waals surface area contributed by atoms with E-state index in [0.717, 1.165) is 10.5 Å². The number of carboxylic acid groups (broad SMARTS) is 1. The minimum absolute atomic E-state index is 0.0435. The zero-order valence-corrected chi connectivity index (χ0v) is 19.6. The Balaban J connectivity index is 1.59. The molecule has 3 amide bonds. The molecule has 1 atom stereocenters. The lowest BCUT2D eigenvalue weighted by Crippen LogP contribution is -2.45. The number of benzene rings is 1. The van der Waals surface area contributed by atoms with Crippen LogP contribution in [0, 0.1) is 5.92 Å². The molecule has 0 radical (unpaired) electrons. The summed E-state index contributed by atoms with van der Waals surface area (Å²) < 4.78 is 37.8. The summed E-state index contributed by atoms with van der Waals surface area (Å²) in [6, 6.07) is 4.04. The summed E-state index contributed by atoms with van der Waals surface area (Å²) >= 11 is 0. The molecule has 2 N–H and O–H groups in total. The summed E-state index contributed by atoms with van der Waals surface area (Å²) in [5.41, 5.74) is 1.65. The monoisotopic (exact) mass is 498 g/mol.